The topological polar surface area (TPSA) is 29.3 Å². The molecule has 0 amide bonds. The number of hydrogen-bond donors (Lipinski definition) is 1. The first-order chi connectivity index (χ1) is 5.69. The quantitative estimate of drug-likeness (QED) is 0.689. The fraction of sp³-hybridized carbons (Fsp3) is 1.00. The molecule has 72 valence electrons. The summed E-state index contributed by atoms with van der Waals surface area (Å²) < 4.78 is 0. The van der Waals surface area contributed by atoms with E-state index in [0.717, 1.165) is 12.5 Å². The minimum atomic E-state index is 0.618. The number of nitrogens with zero attached hydrogens (tertiary/aromatic N) is 1. The fourth-order valence-electron chi connectivity index (χ4n) is 1.98. The van der Waals surface area contributed by atoms with Gasteiger partial charge < -0.3 is 5.73 Å². The van der Waals surface area contributed by atoms with Crippen LogP contribution in [0, 0.1) is 11.8 Å². The maximum atomic E-state index is 5.73. The van der Waals surface area contributed by atoms with Gasteiger partial charge in [-0.2, -0.15) is 0 Å². The highest BCUT2D eigenvalue weighted by atomic mass is 15.2. The number of likely N-dealkylation sites (tertiary alicyclic amines) is 1. The zero-order valence-corrected chi connectivity index (χ0v) is 8.59. The number of nitrogens with two attached hydrogens (primary N) is 1. The molecule has 1 saturated heterocycles. The summed E-state index contributed by atoms with van der Waals surface area (Å²) in [6, 6.07) is 0.618. The van der Waals surface area contributed by atoms with Gasteiger partial charge in [-0.1, -0.05) is 27.2 Å². The van der Waals surface area contributed by atoms with Crippen LogP contribution in [0.4, 0.5) is 0 Å². The number of rotatable bonds is 4. The molecule has 2 N–H and O–H groups in total. The molecule has 12 heavy (non-hydrogen) atoms. The van der Waals surface area contributed by atoms with Gasteiger partial charge >= 0.3 is 0 Å². The molecule has 0 aromatic heterocycles. The summed E-state index contributed by atoms with van der Waals surface area (Å²) in [6.45, 7) is 10.2. The summed E-state index contributed by atoms with van der Waals surface area (Å²) >= 11 is 0. The molecule has 0 bridgehead atoms. The molecule has 2 heteroatoms. The van der Waals surface area contributed by atoms with Crippen molar-refractivity contribution in [3.63, 3.8) is 0 Å². The minimum absolute atomic E-state index is 0.618. The van der Waals surface area contributed by atoms with E-state index in [1.54, 1.807) is 0 Å². The Labute approximate surface area is 76.1 Å². The summed E-state index contributed by atoms with van der Waals surface area (Å²) in [5.74, 6) is 1.64. The van der Waals surface area contributed by atoms with Gasteiger partial charge in [0.15, 0.2) is 0 Å². The van der Waals surface area contributed by atoms with Crippen LogP contribution < -0.4 is 5.73 Å². The monoisotopic (exact) mass is 170 g/mol. The van der Waals surface area contributed by atoms with E-state index in [9.17, 15) is 0 Å². The van der Waals surface area contributed by atoms with Crippen LogP contribution in [0.5, 0.6) is 0 Å². The lowest BCUT2D eigenvalue weighted by Crippen LogP contribution is -2.56. The van der Waals surface area contributed by atoms with E-state index in [-0.39, 0.29) is 0 Å². The van der Waals surface area contributed by atoms with E-state index in [2.05, 4.69) is 25.7 Å². The predicted octanol–water partition coefficient (Wildman–Crippen LogP) is 1.31. The standard InChI is InChI=1S/C10H22N2/c1-4-9-6-12(7-9)10(5-11)8(2)3/h8-10H,4-7,11H2,1-3H3. The predicted molar refractivity (Wildman–Crippen MR) is 53.0 cm³/mol. The van der Waals surface area contributed by atoms with Crippen LogP contribution in [0.3, 0.4) is 0 Å². The molecule has 1 heterocycles. The normalized spacial score (nSPS) is 22.8. The molecule has 1 aliphatic heterocycles. The Kier molecular flexibility index (Phi) is 3.53. The Morgan fingerprint density at radius 1 is 1.42 bits per heavy atom. The second-order valence-electron chi connectivity index (χ2n) is 4.28. The second-order valence-corrected chi connectivity index (χ2v) is 4.28. The molecule has 1 aliphatic rings. The summed E-state index contributed by atoms with van der Waals surface area (Å²) in [5, 5.41) is 0. The van der Waals surface area contributed by atoms with E-state index in [4.69, 9.17) is 5.73 Å². The van der Waals surface area contributed by atoms with Crippen LogP contribution >= 0.6 is 0 Å². The second kappa shape index (κ2) is 4.24. The summed E-state index contributed by atoms with van der Waals surface area (Å²) in [4.78, 5) is 2.53. The third-order valence-electron chi connectivity index (χ3n) is 3.04. The van der Waals surface area contributed by atoms with Crippen molar-refractivity contribution in [3.05, 3.63) is 0 Å². The molecule has 1 unspecified atom stereocenters. The largest absolute Gasteiger partial charge is 0.329 e. The molecule has 0 radical (unpaired) electrons. The van der Waals surface area contributed by atoms with Gasteiger partial charge in [0.05, 0.1) is 0 Å². The van der Waals surface area contributed by atoms with Crippen molar-refractivity contribution in [2.24, 2.45) is 17.6 Å². The van der Waals surface area contributed by atoms with E-state index in [1.807, 2.05) is 0 Å². The van der Waals surface area contributed by atoms with Gasteiger partial charge in [-0.3, -0.25) is 4.90 Å². The SMILES string of the molecule is CCC1CN(C(CN)C(C)C)C1. The molecule has 2 nitrogen and oxygen atoms in total. The van der Waals surface area contributed by atoms with Crippen LogP contribution in [0.15, 0.2) is 0 Å². The van der Waals surface area contributed by atoms with Crippen LogP contribution in [0.2, 0.25) is 0 Å². The van der Waals surface area contributed by atoms with Crippen molar-refractivity contribution in [2.45, 2.75) is 33.2 Å². The highest BCUT2D eigenvalue weighted by Crippen LogP contribution is 2.23. The Morgan fingerprint density at radius 2 is 2.00 bits per heavy atom. The van der Waals surface area contributed by atoms with E-state index < -0.39 is 0 Å². The minimum Gasteiger partial charge on any atom is -0.329 e. The average Bonchev–Trinajstić information content (AvgIpc) is 1.94. The zero-order valence-electron chi connectivity index (χ0n) is 8.59. The van der Waals surface area contributed by atoms with E-state index >= 15 is 0 Å². The fourth-order valence-corrected chi connectivity index (χ4v) is 1.98. The summed E-state index contributed by atoms with van der Waals surface area (Å²) in [7, 11) is 0. The molecule has 0 aromatic rings. The molecule has 0 aromatic carbocycles. The highest BCUT2D eigenvalue weighted by molar-refractivity contribution is 4.86. The first kappa shape index (κ1) is 10.0. The zero-order chi connectivity index (χ0) is 9.14. The molecule has 0 saturated carbocycles. The lowest BCUT2D eigenvalue weighted by Gasteiger charge is -2.45. The third kappa shape index (κ3) is 1.99. The van der Waals surface area contributed by atoms with Crippen molar-refractivity contribution in [2.75, 3.05) is 19.6 Å². The van der Waals surface area contributed by atoms with Crippen molar-refractivity contribution >= 4 is 0 Å². The Hall–Kier alpha value is -0.0800. The summed E-state index contributed by atoms with van der Waals surface area (Å²) in [6.07, 6.45) is 1.33. The van der Waals surface area contributed by atoms with Gasteiger partial charge in [-0.05, 0) is 11.8 Å². The van der Waals surface area contributed by atoms with E-state index in [0.29, 0.717) is 12.0 Å². The van der Waals surface area contributed by atoms with Crippen molar-refractivity contribution < 1.29 is 0 Å². The van der Waals surface area contributed by atoms with Gasteiger partial charge in [0, 0.05) is 25.7 Å². The third-order valence-corrected chi connectivity index (χ3v) is 3.04. The smallest absolute Gasteiger partial charge is 0.0241 e. The highest BCUT2D eigenvalue weighted by Gasteiger charge is 2.31. The van der Waals surface area contributed by atoms with Crippen molar-refractivity contribution in [1.29, 1.82) is 0 Å². The molecule has 1 atom stereocenters. The maximum absolute atomic E-state index is 5.73. The lowest BCUT2D eigenvalue weighted by atomic mass is 9.91. The number of hydrogen-bond acceptors (Lipinski definition) is 2. The molecular formula is C10H22N2. The first-order valence-corrected chi connectivity index (χ1v) is 5.13. The molecule has 1 rings (SSSR count). The first-order valence-electron chi connectivity index (χ1n) is 5.13. The average molecular weight is 170 g/mol. The van der Waals surface area contributed by atoms with Crippen LogP contribution in [0.25, 0.3) is 0 Å². The molecule has 1 fully saturated rings. The van der Waals surface area contributed by atoms with Gasteiger partial charge in [0.25, 0.3) is 0 Å². The van der Waals surface area contributed by atoms with Gasteiger partial charge in [0.2, 0.25) is 0 Å². The van der Waals surface area contributed by atoms with Crippen LogP contribution in [0.1, 0.15) is 27.2 Å². The Bertz CT molecular complexity index is 128. The molecule has 0 aliphatic carbocycles. The lowest BCUT2D eigenvalue weighted by molar-refractivity contribution is 0.0339. The van der Waals surface area contributed by atoms with Gasteiger partial charge in [0.1, 0.15) is 0 Å². The van der Waals surface area contributed by atoms with Crippen LogP contribution in [-0.4, -0.2) is 30.6 Å². The summed E-state index contributed by atoms with van der Waals surface area (Å²) in [5.41, 5.74) is 5.73. The molecule has 0 spiro atoms. The van der Waals surface area contributed by atoms with Gasteiger partial charge in [-0.15, -0.1) is 0 Å². The molecular weight excluding hydrogens is 148 g/mol. The van der Waals surface area contributed by atoms with Gasteiger partial charge in [-0.25, -0.2) is 0 Å². The maximum Gasteiger partial charge on any atom is 0.0241 e. The van der Waals surface area contributed by atoms with Crippen LogP contribution in [-0.2, 0) is 0 Å². The Morgan fingerprint density at radius 3 is 2.33 bits per heavy atom. The van der Waals surface area contributed by atoms with E-state index in [1.165, 1.54) is 19.5 Å². The van der Waals surface area contributed by atoms with Crippen molar-refractivity contribution in [3.8, 4) is 0 Å². The van der Waals surface area contributed by atoms with Crippen molar-refractivity contribution in [1.82, 2.24) is 4.90 Å². The Balaban J connectivity index is 2.29.